The van der Waals surface area contributed by atoms with Crippen molar-refractivity contribution in [1.82, 2.24) is 19.4 Å². The van der Waals surface area contributed by atoms with E-state index >= 15 is 0 Å². The summed E-state index contributed by atoms with van der Waals surface area (Å²) in [5.41, 5.74) is 1.97. The molecule has 6 nitrogen and oxygen atoms in total. The van der Waals surface area contributed by atoms with Crippen molar-refractivity contribution in [2.24, 2.45) is 7.05 Å². The van der Waals surface area contributed by atoms with Gasteiger partial charge >= 0.3 is 0 Å². The fourth-order valence-corrected chi connectivity index (χ4v) is 2.10. The zero-order valence-electron chi connectivity index (χ0n) is 11.9. The van der Waals surface area contributed by atoms with E-state index in [4.69, 9.17) is 5.11 Å². The summed E-state index contributed by atoms with van der Waals surface area (Å²) in [5, 5.41) is 9.08. The Labute approximate surface area is 118 Å². The number of aliphatic hydroxyl groups is 1. The highest BCUT2D eigenvalue weighted by molar-refractivity contribution is 5.96. The molecule has 6 heteroatoms. The Bertz CT molecular complexity index is 594. The number of aryl methyl sites for hydroxylation is 1. The first-order chi connectivity index (χ1) is 9.67. The van der Waals surface area contributed by atoms with Crippen LogP contribution < -0.4 is 0 Å². The lowest BCUT2D eigenvalue weighted by molar-refractivity contribution is 0.0719. The van der Waals surface area contributed by atoms with Crippen LogP contribution in [0.1, 0.15) is 30.1 Å². The van der Waals surface area contributed by atoms with Crippen LogP contribution in [-0.2, 0) is 7.05 Å². The second-order valence-electron chi connectivity index (χ2n) is 4.79. The van der Waals surface area contributed by atoms with E-state index in [0.29, 0.717) is 24.2 Å². The van der Waals surface area contributed by atoms with E-state index in [0.717, 1.165) is 18.5 Å². The molecule has 0 aliphatic heterocycles. The molecule has 2 rings (SSSR count). The Morgan fingerprint density at radius 2 is 2.20 bits per heavy atom. The number of aliphatic hydroxyl groups excluding tert-OH is 1. The van der Waals surface area contributed by atoms with Gasteiger partial charge < -0.3 is 14.6 Å². The minimum Gasteiger partial charge on any atom is -0.395 e. The van der Waals surface area contributed by atoms with E-state index in [1.807, 2.05) is 11.6 Å². The molecule has 0 unspecified atom stereocenters. The van der Waals surface area contributed by atoms with Gasteiger partial charge in [0.05, 0.1) is 18.5 Å². The molecule has 108 valence electrons. The first-order valence-electron chi connectivity index (χ1n) is 6.84. The number of hydrogen-bond acceptors (Lipinski definition) is 4. The highest BCUT2D eigenvalue weighted by Gasteiger charge is 2.16. The largest absolute Gasteiger partial charge is 0.395 e. The molecule has 1 N–H and O–H groups in total. The maximum Gasteiger partial charge on any atom is 0.255 e. The highest BCUT2D eigenvalue weighted by atomic mass is 16.3. The van der Waals surface area contributed by atoms with Gasteiger partial charge in [-0.3, -0.25) is 4.79 Å². The number of amides is 1. The van der Waals surface area contributed by atoms with Gasteiger partial charge in [0, 0.05) is 26.3 Å². The topological polar surface area (TPSA) is 71.2 Å². The minimum atomic E-state index is -0.104. The molecular weight excluding hydrogens is 256 g/mol. The summed E-state index contributed by atoms with van der Waals surface area (Å²) < 4.78 is 1.81. The number of fused-ring (bicyclic) bond motifs is 1. The number of nitrogens with zero attached hydrogens (tertiary/aromatic N) is 4. The Hall–Kier alpha value is -1.95. The first kappa shape index (κ1) is 14.5. The fourth-order valence-electron chi connectivity index (χ4n) is 2.10. The summed E-state index contributed by atoms with van der Waals surface area (Å²) in [5.74, 6) is -0.104. The lowest BCUT2D eigenvalue weighted by Crippen LogP contribution is -2.34. The third kappa shape index (κ3) is 2.96. The zero-order chi connectivity index (χ0) is 14.5. The van der Waals surface area contributed by atoms with Crippen LogP contribution in [0.15, 0.2) is 18.6 Å². The molecule has 2 heterocycles. The molecule has 1 amide bonds. The van der Waals surface area contributed by atoms with Crippen LogP contribution in [0.4, 0.5) is 0 Å². The van der Waals surface area contributed by atoms with Crippen molar-refractivity contribution in [1.29, 1.82) is 0 Å². The number of pyridine rings is 1. The van der Waals surface area contributed by atoms with E-state index in [2.05, 4.69) is 16.9 Å². The van der Waals surface area contributed by atoms with Crippen molar-refractivity contribution in [3.8, 4) is 0 Å². The molecule has 2 aromatic rings. The first-order valence-corrected chi connectivity index (χ1v) is 6.84. The van der Waals surface area contributed by atoms with Crippen LogP contribution in [0.2, 0.25) is 0 Å². The van der Waals surface area contributed by atoms with E-state index in [9.17, 15) is 4.79 Å². The number of aromatic nitrogens is 3. The van der Waals surface area contributed by atoms with Crippen LogP contribution >= 0.6 is 0 Å². The summed E-state index contributed by atoms with van der Waals surface area (Å²) in [6.07, 6.45) is 5.18. The molecule has 0 spiro atoms. The standard InChI is InChI=1S/C14H20N4O2/c1-3-4-5-18(6-7-19)14(20)11-8-12-13(15-9-11)17(2)10-16-12/h8-10,19H,3-7H2,1-2H3. The Morgan fingerprint density at radius 1 is 1.40 bits per heavy atom. The monoisotopic (exact) mass is 276 g/mol. The van der Waals surface area contributed by atoms with Crippen molar-refractivity contribution < 1.29 is 9.90 Å². The molecule has 0 fully saturated rings. The quantitative estimate of drug-likeness (QED) is 0.860. The van der Waals surface area contributed by atoms with Crippen molar-refractivity contribution in [3.05, 3.63) is 24.2 Å². The molecule has 0 atom stereocenters. The number of imidazole rings is 1. The smallest absolute Gasteiger partial charge is 0.255 e. The van der Waals surface area contributed by atoms with E-state index in [-0.39, 0.29) is 12.5 Å². The summed E-state index contributed by atoms with van der Waals surface area (Å²) in [4.78, 5) is 22.6. The lowest BCUT2D eigenvalue weighted by Gasteiger charge is -2.21. The SMILES string of the molecule is CCCCN(CCO)C(=O)c1cnc2c(c1)ncn2C. The molecule has 0 saturated carbocycles. The van der Waals surface area contributed by atoms with Crippen LogP contribution in [0.25, 0.3) is 11.2 Å². The number of hydrogen-bond donors (Lipinski definition) is 1. The van der Waals surface area contributed by atoms with Crippen molar-refractivity contribution in [2.45, 2.75) is 19.8 Å². The molecule has 0 bridgehead atoms. The normalized spacial score (nSPS) is 10.9. The molecule has 0 radical (unpaired) electrons. The van der Waals surface area contributed by atoms with Gasteiger partial charge in [-0.05, 0) is 12.5 Å². The third-order valence-corrected chi connectivity index (χ3v) is 3.24. The molecule has 2 aromatic heterocycles. The number of carbonyl (C=O) groups excluding carboxylic acids is 1. The molecule has 0 aliphatic carbocycles. The summed E-state index contributed by atoms with van der Waals surface area (Å²) in [7, 11) is 1.86. The van der Waals surface area contributed by atoms with Crippen LogP contribution in [0, 0.1) is 0 Å². The van der Waals surface area contributed by atoms with Gasteiger partial charge in [0.25, 0.3) is 5.91 Å². The van der Waals surface area contributed by atoms with Crippen LogP contribution in [0.5, 0.6) is 0 Å². The minimum absolute atomic E-state index is 0.0330. The van der Waals surface area contributed by atoms with Gasteiger partial charge in [-0.15, -0.1) is 0 Å². The average Bonchev–Trinajstić information content (AvgIpc) is 2.83. The Balaban J connectivity index is 2.23. The Morgan fingerprint density at radius 3 is 2.90 bits per heavy atom. The molecule has 0 saturated heterocycles. The van der Waals surface area contributed by atoms with Gasteiger partial charge in [-0.25, -0.2) is 9.97 Å². The van der Waals surface area contributed by atoms with E-state index in [1.165, 1.54) is 0 Å². The maximum absolute atomic E-state index is 12.4. The van der Waals surface area contributed by atoms with Crippen LogP contribution in [0.3, 0.4) is 0 Å². The third-order valence-electron chi connectivity index (χ3n) is 3.24. The van der Waals surface area contributed by atoms with Gasteiger partial charge in [0.2, 0.25) is 0 Å². The molecular formula is C14H20N4O2. The number of unbranched alkanes of at least 4 members (excludes halogenated alkanes) is 1. The number of rotatable bonds is 6. The van der Waals surface area contributed by atoms with Crippen molar-refractivity contribution in [2.75, 3.05) is 19.7 Å². The average molecular weight is 276 g/mol. The highest BCUT2D eigenvalue weighted by Crippen LogP contribution is 2.13. The van der Waals surface area contributed by atoms with Gasteiger partial charge in [-0.1, -0.05) is 13.3 Å². The number of carbonyl (C=O) groups is 1. The summed E-state index contributed by atoms with van der Waals surface area (Å²) in [6.45, 7) is 3.03. The van der Waals surface area contributed by atoms with Crippen LogP contribution in [-0.4, -0.2) is 50.1 Å². The fraction of sp³-hybridized carbons (Fsp3) is 0.500. The second kappa shape index (κ2) is 6.47. The lowest BCUT2D eigenvalue weighted by atomic mass is 10.2. The van der Waals surface area contributed by atoms with E-state index in [1.54, 1.807) is 23.5 Å². The zero-order valence-corrected chi connectivity index (χ0v) is 11.9. The predicted octanol–water partition coefficient (Wildman–Crippen LogP) is 1.20. The van der Waals surface area contributed by atoms with Gasteiger partial charge in [0.1, 0.15) is 5.52 Å². The summed E-state index contributed by atoms with van der Waals surface area (Å²) in [6, 6.07) is 1.75. The Kier molecular flexibility index (Phi) is 4.68. The van der Waals surface area contributed by atoms with Crippen molar-refractivity contribution >= 4 is 17.1 Å². The molecule has 0 aliphatic rings. The van der Waals surface area contributed by atoms with E-state index < -0.39 is 0 Å². The summed E-state index contributed by atoms with van der Waals surface area (Å²) >= 11 is 0. The molecule has 20 heavy (non-hydrogen) atoms. The van der Waals surface area contributed by atoms with Gasteiger partial charge in [0.15, 0.2) is 5.65 Å². The second-order valence-corrected chi connectivity index (χ2v) is 4.79. The van der Waals surface area contributed by atoms with Crippen molar-refractivity contribution in [3.63, 3.8) is 0 Å². The maximum atomic E-state index is 12.4. The van der Waals surface area contributed by atoms with Gasteiger partial charge in [-0.2, -0.15) is 0 Å². The molecule has 0 aromatic carbocycles. The predicted molar refractivity (Wildman–Crippen MR) is 76.4 cm³/mol.